The zero-order valence-electron chi connectivity index (χ0n) is 39.9. The van der Waals surface area contributed by atoms with Crippen LogP contribution in [0.25, 0.3) is 22.3 Å². The molecule has 12 N–H and O–H groups in total. The van der Waals surface area contributed by atoms with Crippen molar-refractivity contribution in [3.8, 4) is 11.4 Å². The summed E-state index contributed by atoms with van der Waals surface area (Å²) < 4.78 is 32.9. The van der Waals surface area contributed by atoms with Crippen LogP contribution in [0.1, 0.15) is 99.2 Å². The number of aryl methyl sites for hydroxylation is 1. The van der Waals surface area contributed by atoms with E-state index < -0.39 is 126 Å². The summed E-state index contributed by atoms with van der Waals surface area (Å²) in [7, 11) is 0. The Hall–Kier alpha value is -6.44. The maximum atomic E-state index is 15.3. The lowest BCUT2D eigenvalue weighted by Crippen LogP contribution is -2.57. The van der Waals surface area contributed by atoms with Gasteiger partial charge in [0.1, 0.15) is 56.2 Å². The second-order valence-corrected chi connectivity index (χ2v) is 18.8. The summed E-state index contributed by atoms with van der Waals surface area (Å²) in [6.45, 7) is 6.60. The first-order chi connectivity index (χ1) is 33.6. The van der Waals surface area contributed by atoms with Gasteiger partial charge in [-0.05, 0) is 68.2 Å². The van der Waals surface area contributed by atoms with Crippen molar-refractivity contribution >= 4 is 52.3 Å². The number of rotatable bonds is 19. The molecule has 0 spiro atoms. The summed E-state index contributed by atoms with van der Waals surface area (Å²) in [5.74, 6) is -5.74. The molecular formula is C47H60FN9O14. The van der Waals surface area contributed by atoms with Crippen molar-refractivity contribution in [2.45, 2.75) is 140 Å². The van der Waals surface area contributed by atoms with Gasteiger partial charge in [0.2, 0.25) is 35.4 Å². The highest BCUT2D eigenvalue weighted by Crippen LogP contribution is 2.46. The van der Waals surface area contributed by atoms with E-state index in [0.717, 1.165) is 5.56 Å². The molecular weight excluding hydrogens is 934 g/mol. The fraction of sp³-hybridized carbons (Fsp3) is 0.553. The number of aromatic nitrogens is 2. The number of nitrogens with one attached hydrogen (secondary N) is 5. The van der Waals surface area contributed by atoms with Crippen molar-refractivity contribution in [2.75, 3.05) is 19.9 Å². The van der Waals surface area contributed by atoms with Gasteiger partial charge in [-0.25, -0.2) is 14.2 Å². The molecule has 0 unspecified atom stereocenters. The molecule has 4 aliphatic rings. The van der Waals surface area contributed by atoms with Crippen molar-refractivity contribution < 1.29 is 67.5 Å². The maximum absolute atomic E-state index is 15.3. The first-order valence-corrected chi connectivity index (χ1v) is 23.4. The van der Waals surface area contributed by atoms with Gasteiger partial charge in [-0.2, -0.15) is 0 Å². The average Bonchev–Trinajstić information content (AvgIpc) is 3.82. The second-order valence-electron chi connectivity index (χ2n) is 18.8. The van der Waals surface area contributed by atoms with Crippen LogP contribution in [0, 0.1) is 18.7 Å². The number of hydrogen-bond acceptors (Lipinski definition) is 16. The number of amides is 6. The van der Waals surface area contributed by atoms with Gasteiger partial charge in [0.15, 0.2) is 5.60 Å². The number of carbonyl (C=O) groups excluding carboxylic acids is 7. The van der Waals surface area contributed by atoms with E-state index in [1.165, 1.54) is 17.6 Å². The minimum absolute atomic E-state index is 0.0496. The maximum Gasteiger partial charge on any atom is 0.343 e. The Morgan fingerprint density at radius 1 is 0.986 bits per heavy atom. The van der Waals surface area contributed by atoms with Crippen LogP contribution in [0.4, 0.5) is 4.39 Å². The van der Waals surface area contributed by atoms with Crippen LogP contribution in [-0.2, 0) is 72.9 Å². The Morgan fingerprint density at radius 2 is 1.70 bits per heavy atom. The van der Waals surface area contributed by atoms with Crippen molar-refractivity contribution in [3.05, 3.63) is 61.7 Å². The molecule has 0 saturated carbocycles. The Kier molecular flexibility index (Phi) is 15.6. The molecule has 1 aromatic carbocycles. The van der Waals surface area contributed by atoms with E-state index in [0.29, 0.717) is 51.8 Å². The van der Waals surface area contributed by atoms with Gasteiger partial charge in [0.05, 0.1) is 53.6 Å². The Morgan fingerprint density at radius 3 is 2.39 bits per heavy atom. The summed E-state index contributed by atoms with van der Waals surface area (Å²) in [6.07, 6.45) is -4.73. The van der Waals surface area contributed by atoms with E-state index in [9.17, 15) is 53.7 Å². The highest BCUT2D eigenvalue weighted by atomic mass is 19.1. The van der Waals surface area contributed by atoms with Crippen LogP contribution < -0.4 is 43.6 Å². The number of halogens is 1. The standard InChI is InChI=1S/C47H60FN9O14/c1-6-47(68)25-11-30-39-23(15-57(30)45(66)24(25)16-70-46(47)67)37-28(9-7-22-20(4)26(48)12-29(55-39)36(22)37)54-35(60)17-69-18-52-42(63)21(5)53-44(65)38(19(2)3)56-43(64)27(49)8-10-34(59)51-14-32-41(62)40(61)31(71-32)13-33(50)58/h11-12,19,21,27-28,31-32,38,40-41,61-62,68H,6-10,13-18,49H2,1-5H3,(H2,50,58)(H,51,59)(H,52,63)(H,53,65)(H,54,60)(H,56,64)/t21-,27-,28-,31-,32+,38-,40-,41+,47-/m0/s1. The Bertz CT molecular complexity index is 2730. The van der Waals surface area contributed by atoms with Crippen LogP contribution >= 0.6 is 0 Å². The van der Waals surface area contributed by atoms with E-state index in [4.69, 9.17) is 30.7 Å². The van der Waals surface area contributed by atoms with Gasteiger partial charge < -0.3 is 72.1 Å². The molecule has 71 heavy (non-hydrogen) atoms. The van der Waals surface area contributed by atoms with Gasteiger partial charge in [0, 0.05) is 35.5 Å². The number of fused-ring (bicyclic) bond motifs is 5. The van der Waals surface area contributed by atoms with Gasteiger partial charge in [-0.15, -0.1) is 0 Å². The zero-order valence-corrected chi connectivity index (χ0v) is 39.9. The van der Waals surface area contributed by atoms with E-state index in [-0.39, 0.29) is 56.5 Å². The molecule has 384 valence electrons. The van der Waals surface area contributed by atoms with Crippen molar-refractivity contribution in [1.82, 2.24) is 36.1 Å². The molecule has 23 nitrogen and oxygen atoms in total. The SMILES string of the molecule is CC[C@@]1(O)C(=O)OCc2c1cc1n(c2=O)Cc2c-1nc1cc(F)c(C)c3c1c2[C@@H](NC(=O)COCNC(=O)[C@H](C)NC(=O)[C@@H](NC(=O)[C@@H](N)CCC(=O)NC[C@H]1O[C@@H](CC(N)=O)[C@H](O)[C@@H]1O)C(C)C)CC3. The molecule has 1 fully saturated rings. The highest BCUT2D eigenvalue weighted by molar-refractivity contribution is 5.95. The first-order valence-electron chi connectivity index (χ1n) is 23.4. The van der Waals surface area contributed by atoms with E-state index in [1.54, 1.807) is 33.8 Å². The second kappa shape index (κ2) is 21.1. The third-order valence-corrected chi connectivity index (χ3v) is 13.7. The lowest BCUT2D eigenvalue weighted by molar-refractivity contribution is -0.172. The number of pyridine rings is 2. The molecule has 3 aliphatic heterocycles. The summed E-state index contributed by atoms with van der Waals surface area (Å²) in [4.78, 5) is 108. The molecule has 9 atom stereocenters. The summed E-state index contributed by atoms with van der Waals surface area (Å²) in [6, 6.07) is -1.22. The largest absolute Gasteiger partial charge is 0.458 e. The minimum atomic E-state index is -2.05. The Balaban J connectivity index is 0.905. The number of cyclic esters (lactones) is 1. The lowest BCUT2D eigenvalue weighted by atomic mass is 9.81. The predicted molar refractivity (Wildman–Crippen MR) is 246 cm³/mol. The van der Waals surface area contributed by atoms with Crippen LogP contribution in [0.3, 0.4) is 0 Å². The molecule has 1 aliphatic carbocycles. The van der Waals surface area contributed by atoms with Crippen molar-refractivity contribution in [2.24, 2.45) is 17.4 Å². The molecule has 3 aromatic rings. The molecule has 0 radical (unpaired) electrons. The molecule has 7 rings (SSSR count). The summed E-state index contributed by atoms with van der Waals surface area (Å²) >= 11 is 0. The number of nitrogens with two attached hydrogens (primary N) is 2. The molecule has 2 aromatic heterocycles. The lowest BCUT2D eigenvalue weighted by Gasteiger charge is -2.31. The topological polar surface area (TPSA) is 355 Å². The van der Waals surface area contributed by atoms with Crippen LogP contribution in [-0.4, -0.2) is 129 Å². The molecule has 6 amide bonds. The van der Waals surface area contributed by atoms with Crippen LogP contribution in [0.2, 0.25) is 0 Å². The number of nitrogens with zero attached hydrogens (tertiary/aromatic N) is 2. The third kappa shape index (κ3) is 10.5. The normalized spacial score (nSPS) is 23.1. The monoisotopic (exact) mass is 993 g/mol. The summed E-state index contributed by atoms with van der Waals surface area (Å²) in [5.41, 5.74) is 12.3. The summed E-state index contributed by atoms with van der Waals surface area (Å²) in [5, 5.41) is 45.4. The van der Waals surface area contributed by atoms with Gasteiger partial charge >= 0.3 is 5.97 Å². The number of primary amides is 1. The van der Waals surface area contributed by atoms with Gasteiger partial charge in [-0.1, -0.05) is 20.8 Å². The average molecular weight is 994 g/mol. The fourth-order valence-electron chi connectivity index (χ4n) is 9.60. The predicted octanol–water partition coefficient (Wildman–Crippen LogP) is -2.05. The van der Waals surface area contributed by atoms with E-state index >= 15 is 4.39 Å². The smallest absolute Gasteiger partial charge is 0.343 e. The zero-order chi connectivity index (χ0) is 51.8. The number of esters is 1. The van der Waals surface area contributed by atoms with Gasteiger partial charge in [0.25, 0.3) is 5.56 Å². The molecule has 1 saturated heterocycles. The quantitative estimate of drug-likeness (QED) is 0.0275. The van der Waals surface area contributed by atoms with E-state index in [2.05, 4.69) is 26.6 Å². The molecule has 0 bridgehead atoms. The van der Waals surface area contributed by atoms with E-state index in [1.807, 2.05) is 0 Å². The number of hydrogen-bond donors (Lipinski definition) is 10. The fourth-order valence-corrected chi connectivity index (χ4v) is 9.60. The number of aliphatic hydroxyl groups is 3. The van der Waals surface area contributed by atoms with Crippen molar-refractivity contribution in [3.63, 3.8) is 0 Å². The molecule has 5 heterocycles. The Labute approximate surface area is 405 Å². The number of benzene rings is 1. The minimum Gasteiger partial charge on any atom is -0.458 e. The molecule has 24 heteroatoms. The number of ether oxygens (including phenoxy) is 3. The first kappa shape index (κ1) is 52.4. The van der Waals surface area contributed by atoms with Crippen LogP contribution in [0.15, 0.2) is 16.9 Å². The number of aliphatic hydroxyl groups excluding tert-OH is 2. The highest BCUT2D eigenvalue weighted by Gasteiger charge is 2.46. The van der Waals surface area contributed by atoms with Crippen molar-refractivity contribution in [1.29, 1.82) is 0 Å². The number of carbonyl (C=O) groups is 7. The van der Waals surface area contributed by atoms with Crippen LogP contribution in [0.5, 0.6) is 0 Å². The van der Waals surface area contributed by atoms with Gasteiger partial charge in [-0.3, -0.25) is 33.6 Å². The third-order valence-electron chi connectivity index (χ3n) is 13.7.